The summed E-state index contributed by atoms with van der Waals surface area (Å²) in [7, 11) is 1.79. The van der Waals surface area contributed by atoms with Gasteiger partial charge in [0.25, 0.3) is 0 Å². The summed E-state index contributed by atoms with van der Waals surface area (Å²) in [6, 6.07) is 20.7. The van der Waals surface area contributed by atoms with Gasteiger partial charge in [0.1, 0.15) is 5.44 Å². The van der Waals surface area contributed by atoms with Crippen LogP contribution < -0.4 is 0 Å². The predicted octanol–water partition coefficient (Wildman–Crippen LogP) is 4.91. The van der Waals surface area contributed by atoms with Crippen LogP contribution in [0.5, 0.6) is 0 Å². The Balaban J connectivity index is 1.45. The monoisotopic (exact) mass is 358 g/mol. The minimum absolute atomic E-state index is 0.139. The first-order valence-electron chi connectivity index (χ1n) is 8.85. The van der Waals surface area contributed by atoms with Crippen molar-refractivity contribution in [1.82, 2.24) is 0 Å². The lowest BCUT2D eigenvalue weighted by Gasteiger charge is -2.34. The van der Waals surface area contributed by atoms with E-state index in [0.717, 1.165) is 19.3 Å². The molecule has 0 aliphatic carbocycles. The van der Waals surface area contributed by atoms with Crippen LogP contribution >= 0.6 is 11.8 Å². The van der Waals surface area contributed by atoms with E-state index >= 15 is 0 Å². The zero-order valence-corrected chi connectivity index (χ0v) is 15.5. The van der Waals surface area contributed by atoms with Crippen LogP contribution in [0.1, 0.15) is 24.8 Å². The quantitative estimate of drug-likeness (QED) is 0.627. The molecule has 2 aromatic rings. The molecule has 1 aliphatic heterocycles. The minimum atomic E-state index is 0.139. The van der Waals surface area contributed by atoms with Crippen LogP contribution in [-0.2, 0) is 20.8 Å². The van der Waals surface area contributed by atoms with E-state index in [0.29, 0.717) is 13.2 Å². The van der Waals surface area contributed by atoms with Crippen molar-refractivity contribution in [2.24, 2.45) is 0 Å². The van der Waals surface area contributed by atoms with Crippen LogP contribution in [0.3, 0.4) is 0 Å². The Hall–Kier alpha value is -1.33. The maximum atomic E-state index is 6.28. The average molecular weight is 359 g/mol. The molecule has 3 atom stereocenters. The third kappa shape index (κ3) is 6.15. The molecule has 0 bridgehead atoms. The van der Waals surface area contributed by atoms with E-state index in [1.165, 1.54) is 10.5 Å². The molecule has 134 valence electrons. The van der Waals surface area contributed by atoms with Crippen LogP contribution in [0, 0.1) is 0 Å². The summed E-state index contributed by atoms with van der Waals surface area (Å²) in [4.78, 5) is 1.24. The Bertz CT molecular complexity index is 605. The topological polar surface area (TPSA) is 27.7 Å². The highest BCUT2D eigenvalue weighted by molar-refractivity contribution is 7.99. The van der Waals surface area contributed by atoms with Gasteiger partial charge in [-0.25, -0.2) is 0 Å². The Morgan fingerprint density at radius 1 is 1.00 bits per heavy atom. The van der Waals surface area contributed by atoms with E-state index < -0.39 is 0 Å². The van der Waals surface area contributed by atoms with Crippen molar-refractivity contribution in [1.29, 1.82) is 0 Å². The fraction of sp³-hybridized carbons (Fsp3) is 0.429. The molecule has 3 rings (SSSR count). The highest BCUT2D eigenvalue weighted by atomic mass is 32.2. The van der Waals surface area contributed by atoms with Crippen molar-refractivity contribution in [2.45, 2.75) is 48.4 Å². The van der Waals surface area contributed by atoms with Gasteiger partial charge in [-0.15, -0.1) is 0 Å². The smallest absolute Gasteiger partial charge is 0.110 e. The summed E-state index contributed by atoms with van der Waals surface area (Å²) in [5, 5.41) is 0. The molecule has 1 saturated heterocycles. The van der Waals surface area contributed by atoms with Gasteiger partial charge < -0.3 is 14.2 Å². The molecule has 0 saturated carbocycles. The molecule has 3 nitrogen and oxygen atoms in total. The van der Waals surface area contributed by atoms with Gasteiger partial charge in [-0.1, -0.05) is 60.3 Å². The lowest BCUT2D eigenvalue weighted by atomic mass is 10.0. The number of ether oxygens (including phenoxy) is 3. The Morgan fingerprint density at radius 3 is 2.44 bits per heavy atom. The lowest BCUT2D eigenvalue weighted by molar-refractivity contribution is -0.0823. The van der Waals surface area contributed by atoms with Crippen molar-refractivity contribution >= 4 is 11.8 Å². The van der Waals surface area contributed by atoms with Crippen LogP contribution in [0.25, 0.3) is 0 Å². The van der Waals surface area contributed by atoms with Crippen LogP contribution in [0.15, 0.2) is 65.6 Å². The second-order valence-corrected chi connectivity index (χ2v) is 7.51. The highest BCUT2D eigenvalue weighted by Crippen LogP contribution is 2.34. The average Bonchev–Trinajstić information content (AvgIpc) is 2.67. The second kappa shape index (κ2) is 9.97. The number of hydrogen-bond donors (Lipinski definition) is 0. The molecule has 1 heterocycles. The molecule has 0 aromatic heterocycles. The zero-order chi connectivity index (χ0) is 17.3. The summed E-state index contributed by atoms with van der Waals surface area (Å²) < 4.78 is 17.7. The van der Waals surface area contributed by atoms with E-state index in [9.17, 15) is 0 Å². The second-order valence-electron chi connectivity index (χ2n) is 6.27. The first-order valence-corrected chi connectivity index (χ1v) is 9.73. The highest BCUT2D eigenvalue weighted by Gasteiger charge is 2.30. The van der Waals surface area contributed by atoms with Crippen molar-refractivity contribution in [2.75, 3.05) is 13.7 Å². The third-order valence-corrected chi connectivity index (χ3v) is 5.48. The van der Waals surface area contributed by atoms with Gasteiger partial charge in [-0.05, 0) is 24.1 Å². The van der Waals surface area contributed by atoms with E-state index in [-0.39, 0.29) is 17.6 Å². The number of hydrogen-bond acceptors (Lipinski definition) is 4. The molecule has 0 N–H and O–H groups in total. The molecule has 1 aliphatic rings. The largest absolute Gasteiger partial charge is 0.381 e. The van der Waals surface area contributed by atoms with Gasteiger partial charge >= 0.3 is 0 Å². The van der Waals surface area contributed by atoms with E-state index in [2.05, 4.69) is 36.4 Å². The SMILES string of the molecule is CO[C@H]1C[C@@H](CCOCc2ccccc2)O[C@H](Sc2ccccc2)C1. The van der Waals surface area contributed by atoms with E-state index in [1.54, 1.807) is 18.9 Å². The molecule has 25 heavy (non-hydrogen) atoms. The summed E-state index contributed by atoms with van der Waals surface area (Å²) in [5.74, 6) is 0. The fourth-order valence-corrected chi connectivity index (χ4v) is 4.16. The molecular weight excluding hydrogens is 332 g/mol. The van der Waals surface area contributed by atoms with Crippen LogP contribution in [-0.4, -0.2) is 31.4 Å². The Kier molecular flexibility index (Phi) is 7.37. The maximum Gasteiger partial charge on any atom is 0.110 e. The molecule has 2 aromatic carbocycles. The molecule has 0 spiro atoms. The summed E-state index contributed by atoms with van der Waals surface area (Å²) in [6.45, 7) is 1.36. The van der Waals surface area contributed by atoms with Gasteiger partial charge in [-0.2, -0.15) is 0 Å². The summed E-state index contributed by atoms with van der Waals surface area (Å²) in [5.41, 5.74) is 1.35. The first kappa shape index (κ1) is 18.5. The summed E-state index contributed by atoms with van der Waals surface area (Å²) in [6.07, 6.45) is 3.22. The number of methoxy groups -OCH3 is 1. The predicted molar refractivity (Wildman–Crippen MR) is 102 cm³/mol. The number of benzene rings is 2. The van der Waals surface area contributed by atoms with Crippen molar-refractivity contribution in [3.05, 3.63) is 66.2 Å². The number of rotatable bonds is 8. The van der Waals surface area contributed by atoms with Gasteiger partial charge in [0.15, 0.2) is 0 Å². The van der Waals surface area contributed by atoms with E-state index in [1.807, 2.05) is 24.3 Å². The zero-order valence-electron chi connectivity index (χ0n) is 14.7. The third-order valence-electron chi connectivity index (χ3n) is 4.37. The Labute approximate surface area is 154 Å². The fourth-order valence-electron chi connectivity index (χ4n) is 3.01. The standard InChI is InChI=1S/C21H26O3S/c1-22-19-14-18(12-13-23-16-17-8-4-2-5-9-17)24-21(15-19)25-20-10-6-3-7-11-20/h2-11,18-19,21H,12-16H2,1H3/t18-,19+,21-/m1/s1. The van der Waals surface area contributed by atoms with Crippen molar-refractivity contribution in [3.8, 4) is 0 Å². The van der Waals surface area contributed by atoms with Gasteiger partial charge in [0.05, 0.1) is 18.8 Å². The Morgan fingerprint density at radius 2 is 1.72 bits per heavy atom. The molecule has 1 fully saturated rings. The normalized spacial score (nSPS) is 23.5. The van der Waals surface area contributed by atoms with Crippen molar-refractivity contribution in [3.63, 3.8) is 0 Å². The van der Waals surface area contributed by atoms with Crippen molar-refractivity contribution < 1.29 is 14.2 Å². The van der Waals surface area contributed by atoms with Crippen LogP contribution in [0.2, 0.25) is 0 Å². The number of thioether (sulfide) groups is 1. The van der Waals surface area contributed by atoms with Gasteiger partial charge in [-0.3, -0.25) is 0 Å². The molecular formula is C21H26O3S. The lowest BCUT2D eigenvalue weighted by Crippen LogP contribution is -2.35. The first-order chi connectivity index (χ1) is 12.3. The van der Waals surface area contributed by atoms with Gasteiger partial charge in [0.2, 0.25) is 0 Å². The van der Waals surface area contributed by atoms with Gasteiger partial charge in [0, 0.05) is 31.5 Å². The molecule has 0 amide bonds. The van der Waals surface area contributed by atoms with Crippen LogP contribution in [0.4, 0.5) is 0 Å². The molecule has 4 heteroatoms. The maximum absolute atomic E-state index is 6.28. The summed E-state index contributed by atoms with van der Waals surface area (Å²) >= 11 is 1.78. The molecule has 0 radical (unpaired) electrons. The molecule has 0 unspecified atom stereocenters. The van der Waals surface area contributed by atoms with E-state index in [4.69, 9.17) is 14.2 Å². The minimum Gasteiger partial charge on any atom is -0.381 e.